The van der Waals surface area contributed by atoms with Crippen molar-refractivity contribution in [2.75, 3.05) is 14.1 Å². The van der Waals surface area contributed by atoms with Crippen LogP contribution in [0.4, 0.5) is 0 Å². The normalized spacial score (nSPS) is 19.2. The monoisotopic (exact) mass is 272 g/mol. The maximum atomic E-state index is 4.94. The van der Waals surface area contributed by atoms with Gasteiger partial charge in [0.2, 0.25) is 0 Å². The molecule has 0 aromatic rings. The number of nitrogens with one attached hydrogen (secondary N) is 4. The largest absolute Gasteiger partial charge is 0.364 e. The second-order valence-electron chi connectivity index (χ2n) is 3.35. The second kappa shape index (κ2) is 7.13. The molecule has 1 rings (SSSR count). The van der Waals surface area contributed by atoms with Crippen molar-refractivity contribution >= 4 is 46.1 Å². The van der Waals surface area contributed by atoms with Crippen LogP contribution in [0.3, 0.4) is 0 Å². The molecule has 1 fully saturated rings. The van der Waals surface area contributed by atoms with Gasteiger partial charge in [0.15, 0.2) is 10.2 Å². The Morgan fingerprint density at radius 3 is 1.71 bits per heavy atom. The van der Waals surface area contributed by atoms with E-state index in [1.807, 2.05) is 0 Å². The fraction of sp³-hybridized carbons (Fsp3) is 0.556. The first-order valence-corrected chi connectivity index (χ1v) is 6.08. The molecule has 0 saturated heterocycles. The van der Waals surface area contributed by atoms with Crippen LogP contribution in [-0.2, 0) is 0 Å². The third-order valence-corrected chi connectivity index (χ3v) is 2.79. The summed E-state index contributed by atoms with van der Waals surface area (Å²) in [5, 5.41) is 15.0. The van der Waals surface area contributed by atoms with Crippen molar-refractivity contribution in [3.05, 3.63) is 0 Å². The summed E-state index contributed by atoms with van der Waals surface area (Å²) in [4.78, 5) is 0. The van der Waals surface area contributed by atoms with Gasteiger partial charge in [0.1, 0.15) is 0 Å². The summed E-state index contributed by atoms with van der Waals surface area (Å²) >= 11 is 9.88. The Labute approximate surface area is 111 Å². The summed E-state index contributed by atoms with van der Waals surface area (Å²) < 4.78 is 0. The molecule has 0 radical (unpaired) electrons. The van der Waals surface area contributed by atoms with Crippen molar-refractivity contribution in [1.82, 2.24) is 21.5 Å². The van der Waals surface area contributed by atoms with E-state index in [1.54, 1.807) is 14.1 Å². The minimum atomic E-state index is 0.488. The Hall–Kier alpha value is -1.28. The first kappa shape index (κ1) is 13.8. The molecular weight excluding hydrogens is 256 g/mol. The van der Waals surface area contributed by atoms with Crippen LogP contribution < -0.4 is 21.5 Å². The average Bonchev–Trinajstić information content (AvgIpc) is 2.80. The van der Waals surface area contributed by atoms with Gasteiger partial charge in [0, 0.05) is 14.1 Å². The maximum absolute atomic E-state index is 4.94. The lowest BCUT2D eigenvalue weighted by Crippen LogP contribution is -2.31. The summed E-state index contributed by atoms with van der Waals surface area (Å²) in [5.74, 6) is 0. The number of hydrogen-bond acceptors (Lipinski definition) is 4. The maximum Gasteiger partial charge on any atom is 0.186 e. The highest BCUT2D eigenvalue weighted by Crippen LogP contribution is 2.12. The van der Waals surface area contributed by atoms with Gasteiger partial charge in [-0.15, -0.1) is 0 Å². The zero-order valence-electron chi connectivity index (χ0n) is 9.83. The van der Waals surface area contributed by atoms with Gasteiger partial charge >= 0.3 is 0 Å². The van der Waals surface area contributed by atoms with Gasteiger partial charge in [-0.1, -0.05) is 0 Å². The van der Waals surface area contributed by atoms with E-state index in [0.29, 0.717) is 10.2 Å². The van der Waals surface area contributed by atoms with Gasteiger partial charge in [-0.3, -0.25) is 10.9 Å². The van der Waals surface area contributed by atoms with Crippen molar-refractivity contribution < 1.29 is 0 Å². The van der Waals surface area contributed by atoms with Gasteiger partial charge in [0.25, 0.3) is 0 Å². The second-order valence-corrected chi connectivity index (χ2v) is 4.17. The summed E-state index contributed by atoms with van der Waals surface area (Å²) in [6.45, 7) is 0. The number of hydrazone groups is 2. The van der Waals surface area contributed by atoms with E-state index in [0.717, 1.165) is 30.7 Å². The predicted octanol–water partition coefficient (Wildman–Crippen LogP) is 0.0701. The van der Waals surface area contributed by atoms with Gasteiger partial charge in [-0.25, -0.2) is 0 Å². The van der Waals surface area contributed by atoms with Crippen molar-refractivity contribution in [3.63, 3.8) is 0 Å². The molecule has 0 heterocycles. The minimum absolute atomic E-state index is 0.488. The van der Waals surface area contributed by atoms with Crippen molar-refractivity contribution in [3.8, 4) is 0 Å². The van der Waals surface area contributed by atoms with Crippen LogP contribution >= 0.6 is 24.4 Å². The number of hydrogen-bond donors (Lipinski definition) is 4. The van der Waals surface area contributed by atoms with Crippen molar-refractivity contribution in [1.29, 1.82) is 0 Å². The SMILES string of the molecule is CNC(=S)NN=C1CCCC1=NNC(=S)NC. The van der Waals surface area contributed by atoms with E-state index in [4.69, 9.17) is 24.4 Å². The lowest BCUT2D eigenvalue weighted by Gasteiger charge is -2.04. The molecular formula is C9H16N6S2. The summed E-state index contributed by atoms with van der Waals surface area (Å²) in [6.07, 6.45) is 2.83. The molecule has 0 atom stereocenters. The third-order valence-electron chi connectivity index (χ3n) is 2.20. The smallest absolute Gasteiger partial charge is 0.186 e. The quantitative estimate of drug-likeness (QED) is 0.421. The highest BCUT2D eigenvalue weighted by Gasteiger charge is 2.17. The number of thiocarbonyl (C=S) groups is 2. The zero-order valence-corrected chi connectivity index (χ0v) is 11.5. The average molecular weight is 272 g/mol. The van der Waals surface area contributed by atoms with E-state index < -0.39 is 0 Å². The van der Waals surface area contributed by atoms with Gasteiger partial charge in [-0.2, -0.15) is 10.2 Å². The van der Waals surface area contributed by atoms with E-state index in [1.165, 1.54) is 0 Å². The van der Waals surface area contributed by atoms with E-state index >= 15 is 0 Å². The molecule has 0 bridgehead atoms. The van der Waals surface area contributed by atoms with Crippen LogP contribution in [0.2, 0.25) is 0 Å². The Bertz CT molecular complexity index is 328. The zero-order chi connectivity index (χ0) is 12.7. The molecule has 0 unspecified atom stereocenters. The van der Waals surface area contributed by atoms with Gasteiger partial charge < -0.3 is 10.6 Å². The minimum Gasteiger partial charge on any atom is -0.364 e. The summed E-state index contributed by atoms with van der Waals surface area (Å²) in [7, 11) is 3.48. The van der Waals surface area contributed by atoms with Crippen LogP contribution in [0.1, 0.15) is 19.3 Å². The number of nitrogens with zero attached hydrogens (tertiary/aromatic N) is 2. The predicted molar refractivity (Wildman–Crippen MR) is 78.3 cm³/mol. The molecule has 0 aliphatic heterocycles. The van der Waals surface area contributed by atoms with E-state index in [-0.39, 0.29) is 0 Å². The van der Waals surface area contributed by atoms with Crippen molar-refractivity contribution in [2.24, 2.45) is 10.2 Å². The molecule has 0 aromatic carbocycles. The lowest BCUT2D eigenvalue weighted by atomic mass is 10.3. The van der Waals surface area contributed by atoms with E-state index in [2.05, 4.69) is 31.7 Å². The molecule has 1 aliphatic carbocycles. The molecule has 0 spiro atoms. The third kappa shape index (κ3) is 4.61. The van der Waals surface area contributed by atoms with Crippen LogP contribution in [-0.4, -0.2) is 35.7 Å². The Balaban J connectivity index is 2.59. The van der Waals surface area contributed by atoms with Gasteiger partial charge in [0.05, 0.1) is 11.4 Å². The molecule has 94 valence electrons. The highest BCUT2D eigenvalue weighted by atomic mass is 32.1. The molecule has 0 amide bonds. The van der Waals surface area contributed by atoms with Gasteiger partial charge in [-0.05, 0) is 43.7 Å². The Morgan fingerprint density at radius 1 is 0.941 bits per heavy atom. The van der Waals surface area contributed by atoms with Crippen LogP contribution in [0.5, 0.6) is 0 Å². The summed E-state index contributed by atoms with van der Waals surface area (Å²) in [6, 6.07) is 0. The lowest BCUT2D eigenvalue weighted by molar-refractivity contribution is 0.937. The summed E-state index contributed by atoms with van der Waals surface area (Å²) in [5.41, 5.74) is 7.34. The molecule has 4 N–H and O–H groups in total. The first-order chi connectivity index (χ1) is 8.17. The highest BCUT2D eigenvalue weighted by molar-refractivity contribution is 7.80. The number of rotatable bonds is 2. The Kier molecular flexibility index (Phi) is 5.78. The topological polar surface area (TPSA) is 72.8 Å². The molecule has 8 heteroatoms. The molecule has 1 aliphatic rings. The first-order valence-electron chi connectivity index (χ1n) is 5.26. The van der Waals surface area contributed by atoms with Crippen LogP contribution in [0.25, 0.3) is 0 Å². The standard InChI is InChI=1S/C9H16N6S2/c1-10-8(16)14-12-6-4-3-5-7(6)13-15-9(17)11-2/h3-5H2,1-2H3,(H2,10,14,16)(H2,11,15,17). The molecule has 17 heavy (non-hydrogen) atoms. The Morgan fingerprint density at radius 2 is 1.35 bits per heavy atom. The fourth-order valence-electron chi connectivity index (χ4n) is 1.30. The van der Waals surface area contributed by atoms with Crippen LogP contribution in [0.15, 0.2) is 10.2 Å². The molecule has 1 saturated carbocycles. The molecule has 0 aromatic heterocycles. The van der Waals surface area contributed by atoms with Crippen LogP contribution in [0, 0.1) is 0 Å². The van der Waals surface area contributed by atoms with E-state index in [9.17, 15) is 0 Å². The fourth-order valence-corrected chi connectivity index (χ4v) is 1.39. The van der Waals surface area contributed by atoms with Crippen molar-refractivity contribution in [2.45, 2.75) is 19.3 Å². The molecule has 6 nitrogen and oxygen atoms in total.